The van der Waals surface area contributed by atoms with Gasteiger partial charge in [0.1, 0.15) is 5.83 Å². The predicted molar refractivity (Wildman–Crippen MR) is 112 cm³/mol. The van der Waals surface area contributed by atoms with Gasteiger partial charge in [-0.05, 0) is 69.4 Å². The molecule has 0 aliphatic heterocycles. The molecule has 0 heterocycles. The third kappa shape index (κ3) is 10.4. The van der Waals surface area contributed by atoms with Crippen molar-refractivity contribution in [2.24, 2.45) is 16.8 Å². The minimum absolute atomic E-state index is 0.398. The van der Waals surface area contributed by atoms with Crippen LogP contribution in [0.15, 0.2) is 41.2 Å². The smallest absolute Gasteiger partial charge is 0.118 e. The third-order valence-corrected chi connectivity index (χ3v) is 5.10. The second kappa shape index (κ2) is 14.0. The van der Waals surface area contributed by atoms with E-state index < -0.39 is 5.83 Å². The Balaban J connectivity index is 0.000000823. The zero-order valence-corrected chi connectivity index (χ0v) is 17.3. The van der Waals surface area contributed by atoms with Gasteiger partial charge in [-0.1, -0.05) is 58.3 Å². The maximum absolute atomic E-state index is 11.5. The van der Waals surface area contributed by atoms with Crippen molar-refractivity contribution in [2.75, 3.05) is 7.05 Å². The fourth-order valence-electron chi connectivity index (χ4n) is 3.42. The first-order valence-electron chi connectivity index (χ1n) is 10.0. The molecule has 0 bridgehead atoms. The Morgan fingerprint density at radius 1 is 1.12 bits per heavy atom. The van der Waals surface area contributed by atoms with Crippen LogP contribution in [0.3, 0.4) is 0 Å². The SMILES string of the molecule is C=C(C)C(=C)F.CCCCC(/C=C(/C)C1CCCC1CCCC)=NC. The molecule has 0 aromatic carbocycles. The molecule has 0 aromatic rings. The summed E-state index contributed by atoms with van der Waals surface area (Å²) in [6.07, 6.45) is 14.5. The topological polar surface area (TPSA) is 12.4 Å². The highest BCUT2D eigenvalue weighted by atomic mass is 19.1. The minimum atomic E-state index is -0.435. The fraction of sp³-hybridized carbons (Fsp3) is 0.696. The van der Waals surface area contributed by atoms with E-state index in [1.54, 1.807) is 12.5 Å². The van der Waals surface area contributed by atoms with Crippen LogP contribution in [0, 0.1) is 11.8 Å². The largest absolute Gasteiger partial charge is 0.293 e. The molecule has 0 spiro atoms. The molecule has 25 heavy (non-hydrogen) atoms. The molecule has 1 aliphatic carbocycles. The van der Waals surface area contributed by atoms with Crippen molar-refractivity contribution in [3.63, 3.8) is 0 Å². The number of unbranched alkanes of at least 4 members (excludes halogenated alkanes) is 2. The maximum atomic E-state index is 11.5. The first-order chi connectivity index (χ1) is 11.9. The van der Waals surface area contributed by atoms with Crippen molar-refractivity contribution in [1.82, 2.24) is 0 Å². The van der Waals surface area contributed by atoms with E-state index in [2.05, 4.69) is 45.0 Å². The van der Waals surface area contributed by atoms with Gasteiger partial charge in [-0.3, -0.25) is 4.99 Å². The molecule has 0 aromatic heterocycles. The number of hydrogen-bond donors (Lipinski definition) is 0. The van der Waals surface area contributed by atoms with Crippen molar-refractivity contribution in [3.8, 4) is 0 Å². The van der Waals surface area contributed by atoms with E-state index in [-0.39, 0.29) is 0 Å². The van der Waals surface area contributed by atoms with Gasteiger partial charge in [-0.2, -0.15) is 0 Å². The van der Waals surface area contributed by atoms with Gasteiger partial charge in [-0.15, -0.1) is 0 Å². The summed E-state index contributed by atoms with van der Waals surface area (Å²) in [5.74, 6) is 1.35. The zero-order valence-electron chi connectivity index (χ0n) is 17.3. The summed E-state index contributed by atoms with van der Waals surface area (Å²) in [6, 6.07) is 0. The Morgan fingerprint density at radius 2 is 1.72 bits per heavy atom. The second-order valence-electron chi connectivity index (χ2n) is 7.33. The lowest BCUT2D eigenvalue weighted by Crippen LogP contribution is -2.10. The Labute approximate surface area is 156 Å². The molecule has 1 rings (SSSR count). The van der Waals surface area contributed by atoms with Gasteiger partial charge < -0.3 is 0 Å². The van der Waals surface area contributed by atoms with Gasteiger partial charge in [0.15, 0.2) is 0 Å². The van der Waals surface area contributed by atoms with E-state index in [9.17, 15) is 4.39 Å². The number of rotatable bonds is 9. The lowest BCUT2D eigenvalue weighted by Gasteiger charge is -2.20. The van der Waals surface area contributed by atoms with E-state index in [0.29, 0.717) is 5.57 Å². The number of aliphatic imine (C=N–C) groups is 1. The molecule has 1 fully saturated rings. The van der Waals surface area contributed by atoms with Crippen molar-refractivity contribution in [2.45, 2.75) is 85.5 Å². The molecule has 0 amide bonds. The standard InChI is InChI=1S/C18H33N.C5H7F/c1-5-7-10-16-11-9-13-18(16)15(3)14-17(19-4)12-8-6-2;1-4(2)5(3)6/h14,16,18H,5-13H2,1-4H3;1,3H2,2H3/b15-14-,19-17?;. The highest BCUT2D eigenvalue weighted by Gasteiger charge is 2.27. The number of hydrogen-bond acceptors (Lipinski definition) is 1. The van der Waals surface area contributed by atoms with Crippen LogP contribution in [0.4, 0.5) is 4.39 Å². The number of nitrogens with zero attached hydrogens (tertiary/aromatic N) is 1. The average Bonchev–Trinajstić information content (AvgIpc) is 3.05. The van der Waals surface area contributed by atoms with Crippen LogP contribution < -0.4 is 0 Å². The van der Waals surface area contributed by atoms with E-state index in [1.165, 1.54) is 57.1 Å². The van der Waals surface area contributed by atoms with Crippen molar-refractivity contribution < 1.29 is 4.39 Å². The monoisotopic (exact) mass is 349 g/mol. The number of allylic oxidation sites excluding steroid dienone is 4. The first-order valence-corrected chi connectivity index (χ1v) is 10.0. The molecule has 2 atom stereocenters. The Kier molecular flexibility index (Phi) is 13.4. The van der Waals surface area contributed by atoms with E-state index in [0.717, 1.165) is 18.3 Å². The molecular weight excluding hydrogens is 309 g/mol. The lowest BCUT2D eigenvalue weighted by molar-refractivity contribution is 0.397. The van der Waals surface area contributed by atoms with Crippen molar-refractivity contribution in [3.05, 3.63) is 36.2 Å². The molecular formula is C23H40FN. The fourth-order valence-corrected chi connectivity index (χ4v) is 3.42. The van der Waals surface area contributed by atoms with E-state index >= 15 is 0 Å². The van der Waals surface area contributed by atoms with E-state index in [1.807, 2.05) is 7.05 Å². The summed E-state index contributed by atoms with van der Waals surface area (Å²) >= 11 is 0. The molecule has 2 unspecified atom stereocenters. The quantitative estimate of drug-likeness (QED) is 0.297. The highest BCUT2D eigenvalue weighted by Crippen LogP contribution is 2.39. The van der Waals surface area contributed by atoms with Crippen molar-refractivity contribution >= 4 is 5.71 Å². The first kappa shape index (κ1) is 23.8. The normalized spacial score (nSPS) is 20.9. The maximum Gasteiger partial charge on any atom is 0.118 e. The Bertz CT molecular complexity index is 447. The van der Waals surface area contributed by atoms with Crippen LogP contribution in [-0.4, -0.2) is 12.8 Å². The summed E-state index contributed by atoms with van der Waals surface area (Å²) in [6.45, 7) is 14.7. The van der Waals surface area contributed by atoms with Crippen LogP contribution in [0.5, 0.6) is 0 Å². The lowest BCUT2D eigenvalue weighted by atomic mass is 9.85. The van der Waals surface area contributed by atoms with Crippen LogP contribution in [0.2, 0.25) is 0 Å². The summed E-state index contributed by atoms with van der Waals surface area (Å²) in [4.78, 5) is 4.46. The molecule has 0 N–H and O–H groups in total. The summed E-state index contributed by atoms with van der Waals surface area (Å²) in [5.41, 5.74) is 3.30. The Morgan fingerprint density at radius 3 is 2.20 bits per heavy atom. The van der Waals surface area contributed by atoms with Crippen LogP contribution >= 0.6 is 0 Å². The van der Waals surface area contributed by atoms with Gasteiger partial charge in [0.2, 0.25) is 0 Å². The molecule has 0 radical (unpaired) electrons. The summed E-state index contributed by atoms with van der Waals surface area (Å²) in [5, 5.41) is 0. The molecule has 144 valence electrons. The molecule has 0 saturated heterocycles. The van der Waals surface area contributed by atoms with Gasteiger partial charge in [-0.25, -0.2) is 4.39 Å². The van der Waals surface area contributed by atoms with Crippen molar-refractivity contribution in [1.29, 1.82) is 0 Å². The zero-order chi connectivity index (χ0) is 19.2. The molecule has 1 aliphatic rings. The second-order valence-corrected chi connectivity index (χ2v) is 7.33. The molecule has 2 heteroatoms. The van der Waals surface area contributed by atoms with Crippen LogP contribution in [0.1, 0.15) is 85.5 Å². The molecule has 1 saturated carbocycles. The minimum Gasteiger partial charge on any atom is -0.293 e. The van der Waals surface area contributed by atoms with E-state index in [4.69, 9.17) is 0 Å². The average molecular weight is 350 g/mol. The summed E-state index contributed by atoms with van der Waals surface area (Å²) in [7, 11) is 1.94. The van der Waals surface area contributed by atoms with Gasteiger partial charge >= 0.3 is 0 Å². The summed E-state index contributed by atoms with van der Waals surface area (Å²) < 4.78 is 11.5. The van der Waals surface area contributed by atoms with Crippen LogP contribution in [-0.2, 0) is 0 Å². The Hall–Kier alpha value is -1.18. The van der Waals surface area contributed by atoms with Gasteiger partial charge in [0.05, 0.1) is 0 Å². The van der Waals surface area contributed by atoms with Crippen LogP contribution in [0.25, 0.3) is 0 Å². The van der Waals surface area contributed by atoms with Gasteiger partial charge in [0.25, 0.3) is 0 Å². The predicted octanol–water partition coefficient (Wildman–Crippen LogP) is 7.85. The van der Waals surface area contributed by atoms with Gasteiger partial charge in [0, 0.05) is 12.8 Å². The molecule has 1 nitrogen and oxygen atoms in total. The third-order valence-electron chi connectivity index (χ3n) is 5.10. The highest BCUT2D eigenvalue weighted by molar-refractivity contribution is 5.95. The number of halogens is 1.